The van der Waals surface area contributed by atoms with Crippen molar-refractivity contribution < 1.29 is 13.2 Å². The van der Waals surface area contributed by atoms with Crippen LogP contribution in [0.4, 0.5) is 0 Å². The van der Waals surface area contributed by atoms with E-state index >= 15 is 0 Å². The lowest BCUT2D eigenvalue weighted by atomic mass is 10.1. The van der Waals surface area contributed by atoms with E-state index in [1.54, 1.807) is 19.1 Å². The molecule has 6 nitrogen and oxygen atoms in total. The molecular formula is C19H25N3O3S. The minimum absolute atomic E-state index is 0.0644. The minimum Gasteiger partial charge on any atom is -0.350 e. The van der Waals surface area contributed by atoms with E-state index in [2.05, 4.69) is 15.4 Å². The number of carbonyl (C=O) groups excluding carboxylic acids is 1. The van der Waals surface area contributed by atoms with Crippen molar-refractivity contribution in [2.75, 3.05) is 13.6 Å². The first kappa shape index (κ1) is 20.1. The summed E-state index contributed by atoms with van der Waals surface area (Å²) >= 11 is 0. The average Bonchev–Trinajstić information content (AvgIpc) is 2.66. The smallest absolute Gasteiger partial charge is 0.251 e. The van der Waals surface area contributed by atoms with Gasteiger partial charge in [-0.15, -0.1) is 0 Å². The molecule has 0 aromatic heterocycles. The normalized spacial score (nSPS) is 13.8. The molecule has 2 unspecified atom stereocenters. The summed E-state index contributed by atoms with van der Waals surface area (Å²) in [5, 5.41) is 5.80. The highest BCUT2D eigenvalue weighted by Gasteiger charge is 2.19. The topological polar surface area (TPSA) is 87.3 Å². The number of carbonyl (C=O) groups is 1. The standard InChI is InChI=1S/C19H25N3O3S/c1-14(20-3)13-21-19(23)17-10-7-11-18(12-17)26(24,25)22-15(2)16-8-5-4-6-9-16/h4-12,14-15,20,22H,13H2,1-3H3,(H,21,23). The van der Waals surface area contributed by atoms with Crippen LogP contribution in [0, 0.1) is 0 Å². The lowest BCUT2D eigenvalue weighted by molar-refractivity contribution is 0.0950. The third-order valence-corrected chi connectivity index (χ3v) is 5.64. The Balaban J connectivity index is 2.13. The lowest BCUT2D eigenvalue weighted by Crippen LogP contribution is -2.37. The fourth-order valence-corrected chi connectivity index (χ4v) is 3.64. The van der Waals surface area contributed by atoms with Crippen LogP contribution in [-0.4, -0.2) is 34.0 Å². The highest BCUT2D eigenvalue weighted by Crippen LogP contribution is 2.17. The molecule has 0 saturated heterocycles. The van der Waals surface area contributed by atoms with Crippen LogP contribution in [0.2, 0.25) is 0 Å². The molecule has 0 fully saturated rings. The zero-order chi connectivity index (χ0) is 19.2. The maximum atomic E-state index is 12.7. The minimum atomic E-state index is -3.74. The first-order valence-corrected chi connectivity index (χ1v) is 9.94. The summed E-state index contributed by atoms with van der Waals surface area (Å²) in [5.74, 6) is -0.305. The molecular weight excluding hydrogens is 350 g/mol. The molecule has 0 aliphatic carbocycles. The molecule has 0 radical (unpaired) electrons. The van der Waals surface area contributed by atoms with Gasteiger partial charge in [0.15, 0.2) is 0 Å². The Kier molecular flexibility index (Phi) is 6.90. The molecule has 2 atom stereocenters. The maximum absolute atomic E-state index is 12.7. The maximum Gasteiger partial charge on any atom is 0.251 e. The summed E-state index contributed by atoms with van der Waals surface area (Å²) in [6.07, 6.45) is 0. The van der Waals surface area contributed by atoms with Gasteiger partial charge in [-0.3, -0.25) is 4.79 Å². The summed E-state index contributed by atoms with van der Waals surface area (Å²) in [4.78, 5) is 12.3. The lowest BCUT2D eigenvalue weighted by Gasteiger charge is -2.15. The number of benzene rings is 2. The third kappa shape index (κ3) is 5.39. The zero-order valence-electron chi connectivity index (χ0n) is 15.2. The van der Waals surface area contributed by atoms with E-state index < -0.39 is 10.0 Å². The van der Waals surface area contributed by atoms with Gasteiger partial charge in [-0.05, 0) is 44.7 Å². The molecule has 2 rings (SSSR count). The van der Waals surface area contributed by atoms with Gasteiger partial charge in [0, 0.05) is 24.2 Å². The predicted octanol–water partition coefficient (Wildman–Crippen LogP) is 2.06. The third-order valence-electron chi connectivity index (χ3n) is 4.10. The van der Waals surface area contributed by atoms with Crippen LogP contribution in [0.15, 0.2) is 59.5 Å². The molecule has 0 saturated carbocycles. The number of hydrogen-bond donors (Lipinski definition) is 3. The monoisotopic (exact) mass is 375 g/mol. The molecule has 0 bridgehead atoms. The number of rotatable bonds is 8. The van der Waals surface area contributed by atoms with Gasteiger partial charge in [-0.25, -0.2) is 13.1 Å². The van der Waals surface area contributed by atoms with Crippen LogP contribution >= 0.6 is 0 Å². The molecule has 0 spiro atoms. The average molecular weight is 375 g/mol. The van der Waals surface area contributed by atoms with Crippen molar-refractivity contribution >= 4 is 15.9 Å². The summed E-state index contributed by atoms with van der Waals surface area (Å²) in [5.41, 5.74) is 1.18. The van der Waals surface area contributed by atoms with Gasteiger partial charge in [0.2, 0.25) is 10.0 Å². The quantitative estimate of drug-likeness (QED) is 0.659. The number of nitrogens with one attached hydrogen (secondary N) is 3. The Bertz CT molecular complexity index is 838. The van der Waals surface area contributed by atoms with Crippen molar-refractivity contribution in [2.45, 2.75) is 30.8 Å². The molecule has 140 valence electrons. The van der Waals surface area contributed by atoms with Gasteiger partial charge in [0.05, 0.1) is 4.90 Å². The van der Waals surface area contributed by atoms with Crippen LogP contribution < -0.4 is 15.4 Å². The van der Waals surface area contributed by atoms with Crippen molar-refractivity contribution in [3.05, 3.63) is 65.7 Å². The van der Waals surface area contributed by atoms with Gasteiger partial charge in [0.25, 0.3) is 5.91 Å². The molecule has 7 heteroatoms. The van der Waals surface area contributed by atoms with Crippen LogP contribution in [0.25, 0.3) is 0 Å². The number of likely N-dealkylation sites (N-methyl/N-ethyl adjacent to an activating group) is 1. The first-order valence-electron chi connectivity index (χ1n) is 8.46. The van der Waals surface area contributed by atoms with Crippen molar-refractivity contribution in [3.63, 3.8) is 0 Å². The van der Waals surface area contributed by atoms with Gasteiger partial charge < -0.3 is 10.6 Å². The molecule has 26 heavy (non-hydrogen) atoms. The van der Waals surface area contributed by atoms with Crippen LogP contribution in [-0.2, 0) is 10.0 Å². The fourth-order valence-electron chi connectivity index (χ4n) is 2.36. The Morgan fingerprint density at radius 1 is 1.04 bits per heavy atom. The Morgan fingerprint density at radius 3 is 2.38 bits per heavy atom. The van der Waals surface area contributed by atoms with Crippen LogP contribution in [0.1, 0.15) is 35.8 Å². The SMILES string of the molecule is CNC(C)CNC(=O)c1cccc(S(=O)(=O)NC(C)c2ccccc2)c1. The molecule has 2 aromatic rings. The molecule has 2 aromatic carbocycles. The molecule has 0 aliphatic heterocycles. The van der Waals surface area contributed by atoms with E-state index in [1.165, 1.54) is 12.1 Å². The second-order valence-corrected chi connectivity index (χ2v) is 7.90. The van der Waals surface area contributed by atoms with Gasteiger partial charge in [-0.1, -0.05) is 36.4 Å². The molecule has 1 amide bonds. The summed E-state index contributed by atoms with van der Waals surface area (Å²) < 4.78 is 27.9. The second kappa shape index (κ2) is 8.93. The van der Waals surface area contributed by atoms with E-state index in [0.717, 1.165) is 5.56 Å². The van der Waals surface area contributed by atoms with Gasteiger partial charge >= 0.3 is 0 Å². The zero-order valence-corrected chi connectivity index (χ0v) is 16.0. The second-order valence-electron chi connectivity index (χ2n) is 6.18. The van der Waals surface area contributed by atoms with Crippen molar-refractivity contribution in [3.8, 4) is 0 Å². The van der Waals surface area contributed by atoms with E-state index in [9.17, 15) is 13.2 Å². The Hall–Kier alpha value is -2.22. The Labute approximate surface area is 155 Å². The number of amides is 1. The van der Waals surface area contributed by atoms with E-state index in [-0.39, 0.29) is 22.9 Å². The first-order chi connectivity index (χ1) is 12.3. The molecule has 3 N–H and O–H groups in total. The molecule has 0 aliphatic rings. The predicted molar refractivity (Wildman–Crippen MR) is 102 cm³/mol. The van der Waals surface area contributed by atoms with Gasteiger partial charge in [0.1, 0.15) is 0 Å². The van der Waals surface area contributed by atoms with E-state index in [0.29, 0.717) is 12.1 Å². The van der Waals surface area contributed by atoms with Crippen LogP contribution in [0.3, 0.4) is 0 Å². The fraction of sp³-hybridized carbons (Fsp3) is 0.316. The van der Waals surface area contributed by atoms with Crippen molar-refractivity contribution in [2.24, 2.45) is 0 Å². The Morgan fingerprint density at radius 2 is 1.73 bits per heavy atom. The van der Waals surface area contributed by atoms with Crippen molar-refractivity contribution in [1.82, 2.24) is 15.4 Å². The summed E-state index contributed by atoms with van der Waals surface area (Å²) in [7, 11) is -1.93. The molecule has 0 heterocycles. The number of hydrogen-bond acceptors (Lipinski definition) is 4. The van der Waals surface area contributed by atoms with Crippen LogP contribution in [0.5, 0.6) is 0 Å². The highest BCUT2D eigenvalue weighted by molar-refractivity contribution is 7.89. The van der Waals surface area contributed by atoms with E-state index in [1.807, 2.05) is 44.3 Å². The number of sulfonamides is 1. The summed E-state index contributed by atoms with van der Waals surface area (Å²) in [6, 6.07) is 15.1. The largest absolute Gasteiger partial charge is 0.350 e. The van der Waals surface area contributed by atoms with Gasteiger partial charge in [-0.2, -0.15) is 0 Å². The summed E-state index contributed by atoms with van der Waals surface area (Å²) in [6.45, 7) is 4.17. The van der Waals surface area contributed by atoms with Crippen molar-refractivity contribution in [1.29, 1.82) is 0 Å². The van der Waals surface area contributed by atoms with E-state index in [4.69, 9.17) is 0 Å². The highest BCUT2D eigenvalue weighted by atomic mass is 32.2.